The van der Waals surface area contributed by atoms with Crippen LogP contribution in [0.5, 0.6) is 5.75 Å². The number of fused-ring (bicyclic) bond motifs is 1. The molecule has 4 rings (SSSR count). The molecule has 3 heterocycles. The topological polar surface area (TPSA) is 96.8 Å². The van der Waals surface area contributed by atoms with Crippen LogP contribution in [-0.4, -0.2) is 77.1 Å². The van der Waals surface area contributed by atoms with Gasteiger partial charge >= 0.3 is 0 Å². The van der Waals surface area contributed by atoms with Gasteiger partial charge in [0, 0.05) is 46.0 Å². The molecule has 0 aliphatic carbocycles. The number of aryl methyl sites for hydroxylation is 2. The van der Waals surface area contributed by atoms with Crippen LogP contribution in [0.4, 0.5) is 0 Å². The first-order valence-corrected chi connectivity index (χ1v) is 10.2. The highest BCUT2D eigenvalue weighted by Crippen LogP contribution is 2.37. The van der Waals surface area contributed by atoms with Crippen LogP contribution in [0.25, 0.3) is 0 Å². The van der Waals surface area contributed by atoms with Crippen LogP contribution in [0, 0.1) is 5.92 Å². The summed E-state index contributed by atoms with van der Waals surface area (Å²) in [5, 5.41) is 7.21. The molecule has 1 saturated heterocycles. The number of methoxy groups -OCH3 is 1. The van der Waals surface area contributed by atoms with Crippen LogP contribution in [0.15, 0.2) is 30.6 Å². The summed E-state index contributed by atoms with van der Waals surface area (Å²) >= 11 is 0. The van der Waals surface area contributed by atoms with E-state index in [1.807, 2.05) is 12.1 Å². The number of nitrogens with zero attached hydrogens (tertiary/aromatic N) is 4. The molecule has 1 fully saturated rings. The van der Waals surface area contributed by atoms with E-state index in [1.54, 1.807) is 50.1 Å². The molecule has 2 aliphatic rings. The van der Waals surface area contributed by atoms with Gasteiger partial charge in [-0.2, -0.15) is 5.10 Å². The molecule has 1 N–H and O–H groups in total. The Morgan fingerprint density at radius 2 is 2.10 bits per heavy atom. The Bertz CT molecular complexity index is 1050. The number of aromatic nitrogens is 2. The van der Waals surface area contributed by atoms with Crippen LogP contribution in [0.2, 0.25) is 0 Å². The van der Waals surface area contributed by atoms with Gasteiger partial charge in [-0.3, -0.25) is 19.1 Å². The molecule has 0 radical (unpaired) electrons. The zero-order chi connectivity index (χ0) is 22.3. The van der Waals surface area contributed by atoms with Crippen molar-refractivity contribution < 1.29 is 19.1 Å². The summed E-state index contributed by atoms with van der Waals surface area (Å²) < 4.78 is 6.84. The van der Waals surface area contributed by atoms with Crippen LogP contribution < -0.4 is 10.1 Å². The number of amides is 3. The smallest absolute Gasteiger partial charge is 0.257 e. The lowest BCUT2D eigenvalue weighted by molar-refractivity contribution is -0.134. The van der Waals surface area contributed by atoms with Crippen molar-refractivity contribution in [3.8, 4) is 5.75 Å². The summed E-state index contributed by atoms with van der Waals surface area (Å²) in [6.45, 7) is 0.506. The van der Waals surface area contributed by atoms with Crippen molar-refractivity contribution in [2.75, 3.05) is 34.3 Å². The molecule has 1 aromatic carbocycles. The molecule has 0 bridgehead atoms. The molecule has 164 valence electrons. The second-order valence-corrected chi connectivity index (χ2v) is 8.51. The van der Waals surface area contributed by atoms with Crippen molar-refractivity contribution >= 4 is 17.7 Å². The van der Waals surface area contributed by atoms with Crippen LogP contribution in [-0.2, 0) is 18.3 Å². The van der Waals surface area contributed by atoms with Gasteiger partial charge in [-0.25, -0.2) is 0 Å². The minimum absolute atomic E-state index is 0.106. The van der Waals surface area contributed by atoms with Crippen LogP contribution >= 0.6 is 0 Å². The highest BCUT2D eigenvalue weighted by molar-refractivity contribution is 5.99. The number of hydrogen-bond acceptors (Lipinski definition) is 5. The quantitative estimate of drug-likeness (QED) is 0.781. The summed E-state index contributed by atoms with van der Waals surface area (Å²) in [5.41, 5.74) is 1.07. The van der Waals surface area contributed by atoms with E-state index < -0.39 is 11.5 Å². The molecule has 2 aromatic rings. The molecule has 1 aromatic heterocycles. The summed E-state index contributed by atoms with van der Waals surface area (Å²) in [6.07, 6.45) is 4.34. The van der Waals surface area contributed by atoms with Crippen molar-refractivity contribution in [2.45, 2.75) is 18.4 Å². The third kappa shape index (κ3) is 3.64. The third-order valence-corrected chi connectivity index (χ3v) is 6.29. The Hall–Kier alpha value is -3.36. The van der Waals surface area contributed by atoms with E-state index in [9.17, 15) is 14.4 Å². The van der Waals surface area contributed by atoms with Gasteiger partial charge in [0.1, 0.15) is 5.75 Å². The Balaban J connectivity index is 1.69. The zero-order valence-electron chi connectivity index (χ0n) is 18.2. The highest BCUT2D eigenvalue weighted by atomic mass is 16.5. The number of likely N-dealkylation sites (tertiary alicyclic amines) is 1. The van der Waals surface area contributed by atoms with E-state index in [0.717, 1.165) is 5.56 Å². The third-order valence-electron chi connectivity index (χ3n) is 6.29. The number of rotatable bonds is 3. The monoisotopic (exact) mass is 425 g/mol. The number of ether oxygens (including phenoxy) is 1. The van der Waals surface area contributed by atoms with Crippen molar-refractivity contribution in [1.29, 1.82) is 0 Å². The number of hydrogen-bond donors (Lipinski definition) is 1. The van der Waals surface area contributed by atoms with Crippen molar-refractivity contribution in [3.05, 3.63) is 47.3 Å². The van der Waals surface area contributed by atoms with Crippen molar-refractivity contribution in [2.24, 2.45) is 13.0 Å². The van der Waals surface area contributed by atoms with Crippen LogP contribution in [0.1, 0.15) is 32.7 Å². The van der Waals surface area contributed by atoms with E-state index in [2.05, 4.69) is 10.4 Å². The Morgan fingerprint density at radius 3 is 2.74 bits per heavy atom. The van der Waals surface area contributed by atoms with Gasteiger partial charge in [0.2, 0.25) is 5.91 Å². The Labute approximate surface area is 180 Å². The van der Waals surface area contributed by atoms with Gasteiger partial charge < -0.3 is 19.9 Å². The van der Waals surface area contributed by atoms with Gasteiger partial charge in [-0.1, -0.05) is 6.07 Å². The predicted molar refractivity (Wildman–Crippen MR) is 113 cm³/mol. The fraction of sp³-hybridized carbons (Fsp3) is 0.455. The standard InChI is InChI=1S/C22H27N5O4/c1-25(2)21(30)18-12-27(20(29)15-10-23-26(3)11-15)13-22(18)8-7-14-5-6-16(31-4)9-17(14)19(28)24-22/h5-6,9-11,18H,7-8,12-13H2,1-4H3,(H,24,28)/t18-,22+/m1/s1. The molecule has 2 aliphatic heterocycles. The first-order valence-electron chi connectivity index (χ1n) is 10.2. The minimum Gasteiger partial charge on any atom is -0.497 e. The average molecular weight is 425 g/mol. The number of benzene rings is 1. The average Bonchev–Trinajstić information content (AvgIpc) is 3.31. The molecule has 1 spiro atoms. The molecule has 2 atom stereocenters. The fourth-order valence-electron chi connectivity index (χ4n) is 4.61. The second-order valence-electron chi connectivity index (χ2n) is 8.51. The maximum atomic E-state index is 13.2. The van der Waals surface area contributed by atoms with Crippen molar-refractivity contribution in [3.63, 3.8) is 0 Å². The summed E-state index contributed by atoms with van der Waals surface area (Å²) in [7, 11) is 6.69. The lowest BCUT2D eigenvalue weighted by Gasteiger charge is -2.34. The second kappa shape index (κ2) is 7.72. The van der Waals surface area contributed by atoms with Gasteiger partial charge in [0.25, 0.3) is 11.8 Å². The lowest BCUT2D eigenvalue weighted by Crippen LogP contribution is -2.57. The van der Waals surface area contributed by atoms with E-state index in [4.69, 9.17) is 4.74 Å². The number of carbonyl (C=O) groups is 3. The van der Waals surface area contributed by atoms with E-state index in [0.29, 0.717) is 29.7 Å². The molecule has 31 heavy (non-hydrogen) atoms. The first-order chi connectivity index (χ1) is 14.7. The molecule has 0 saturated carbocycles. The first kappa shape index (κ1) is 20.9. The maximum Gasteiger partial charge on any atom is 0.257 e. The van der Waals surface area contributed by atoms with Gasteiger partial charge in [0.05, 0.1) is 30.3 Å². The molecular weight excluding hydrogens is 398 g/mol. The van der Waals surface area contributed by atoms with Crippen molar-refractivity contribution in [1.82, 2.24) is 24.9 Å². The van der Waals surface area contributed by atoms with E-state index >= 15 is 0 Å². The maximum absolute atomic E-state index is 13.2. The Morgan fingerprint density at radius 1 is 1.32 bits per heavy atom. The summed E-state index contributed by atoms with van der Waals surface area (Å²) in [5.74, 6) is -0.489. The minimum atomic E-state index is -0.845. The molecule has 9 heteroatoms. The zero-order valence-corrected chi connectivity index (χ0v) is 18.2. The van der Waals surface area contributed by atoms with Crippen LogP contribution in [0.3, 0.4) is 0 Å². The lowest BCUT2D eigenvalue weighted by atomic mass is 9.81. The normalized spacial score (nSPS) is 22.6. The van der Waals surface area contributed by atoms with E-state index in [-0.39, 0.29) is 30.8 Å². The van der Waals surface area contributed by atoms with Gasteiger partial charge in [0.15, 0.2) is 0 Å². The van der Waals surface area contributed by atoms with Gasteiger partial charge in [-0.05, 0) is 30.5 Å². The fourth-order valence-corrected chi connectivity index (χ4v) is 4.61. The van der Waals surface area contributed by atoms with E-state index in [1.165, 1.54) is 11.1 Å². The highest BCUT2D eigenvalue weighted by Gasteiger charge is 2.53. The number of nitrogens with one attached hydrogen (secondary N) is 1. The van der Waals surface area contributed by atoms with Gasteiger partial charge in [-0.15, -0.1) is 0 Å². The largest absolute Gasteiger partial charge is 0.497 e. The molecular formula is C22H27N5O4. The molecule has 9 nitrogen and oxygen atoms in total. The molecule has 0 unspecified atom stereocenters. The SMILES string of the molecule is COc1ccc2c(c1)C(=O)N[C@@]1(CC2)CN(C(=O)c2cnn(C)c2)C[C@@H]1C(=O)N(C)C. The summed E-state index contributed by atoms with van der Waals surface area (Å²) in [4.78, 5) is 42.6. The predicted octanol–water partition coefficient (Wildman–Crippen LogP) is 0.704. The number of carbonyl (C=O) groups excluding carboxylic acids is 3. The Kier molecular flexibility index (Phi) is 5.20. The summed E-state index contributed by atoms with van der Waals surface area (Å²) in [6, 6.07) is 5.45. The molecule has 3 amide bonds.